The predicted molar refractivity (Wildman–Crippen MR) is 189 cm³/mol. The number of aryl methyl sites for hydroxylation is 2. The van der Waals surface area contributed by atoms with E-state index in [1.165, 1.54) is 12.1 Å². The van der Waals surface area contributed by atoms with Crippen LogP contribution in [0.25, 0.3) is 22.5 Å². The van der Waals surface area contributed by atoms with Crippen molar-refractivity contribution >= 4 is 23.2 Å². The number of halogens is 4. The summed E-state index contributed by atoms with van der Waals surface area (Å²) >= 11 is 11.7. The summed E-state index contributed by atoms with van der Waals surface area (Å²) in [7, 11) is 0. The molecule has 0 aliphatic carbocycles. The molecule has 0 unspecified atom stereocenters. The molecule has 4 aromatic heterocycles. The molecule has 8 nitrogen and oxygen atoms in total. The van der Waals surface area contributed by atoms with Gasteiger partial charge in [0.2, 0.25) is 0 Å². The molecule has 0 aromatic carbocycles. The largest absolute Gasteiger partial charge is 0.490 e. The summed E-state index contributed by atoms with van der Waals surface area (Å²) in [5.41, 5.74) is 14.6. The van der Waals surface area contributed by atoms with Crippen molar-refractivity contribution in [3.8, 4) is 34.0 Å². The highest BCUT2D eigenvalue weighted by Gasteiger charge is 2.23. The molecule has 0 aliphatic rings. The van der Waals surface area contributed by atoms with Crippen LogP contribution in [0.1, 0.15) is 65.8 Å². The topological polar surface area (TPSA) is 122 Å². The van der Waals surface area contributed by atoms with Gasteiger partial charge in [0.1, 0.15) is 35.0 Å². The maximum atomic E-state index is 13.9. The first-order valence-electron chi connectivity index (χ1n) is 15.8. The third-order valence-corrected chi connectivity index (χ3v) is 7.55. The molecule has 0 spiro atoms. The lowest BCUT2D eigenvalue weighted by Crippen LogP contribution is -2.43. The first-order chi connectivity index (χ1) is 22.4. The zero-order valence-corrected chi connectivity index (χ0v) is 30.4. The minimum atomic E-state index is -0.466. The Labute approximate surface area is 292 Å². The van der Waals surface area contributed by atoms with Crippen LogP contribution in [0.4, 0.5) is 8.78 Å². The number of pyridine rings is 4. The van der Waals surface area contributed by atoms with Crippen LogP contribution in [0.3, 0.4) is 0 Å². The number of ether oxygens (including phenoxy) is 2. The molecule has 260 valence electrons. The second-order valence-corrected chi connectivity index (χ2v) is 14.4. The normalized spacial score (nSPS) is 13.8. The van der Waals surface area contributed by atoms with Crippen LogP contribution in [0, 0.1) is 37.3 Å². The fourth-order valence-electron chi connectivity index (χ4n) is 5.39. The molecule has 4 heterocycles. The average molecular weight is 704 g/mol. The molecule has 0 saturated carbocycles. The number of hydrogen-bond acceptors (Lipinski definition) is 8. The molecule has 48 heavy (non-hydrogen) atoms. The summed E-state index contributed by atoms with van der Waals surface area (Å²) in [4.78, 5) is 16.2. The highest BCUT2D eigenvalue weighted by atomic mass is 35.5. The van der Waals surface area contributed by atoms with Gasteiger partial charge in [-0.1, -0.05) is 50.9 Å². The second kappa shape index (κ2) is 16.8. The SMILES string of the molecule is Cc1nc(-c2cc(Cl)ncc2F)ccc1OC[C@@](C)(N)CC(C)C.Cc1nc(-c2cc(Cl)ncc2F)ccc1OC[C@@](C)(N)CC(C)C. The van der Waals surface area contributed by atoms with E-state index in [2.05, 4.69) is 47.6 Å². The van der Waals surface area contributed by atoms with Crippen molar-refractivity contribution in [3.05, 3.63) is 82.1 Å². The Balaban J connectivity index is 0.000000260. The molecular formula is C36H46Cl2F2N6O2. The molecule has 2 atom stereocenters. The van der Waals surface area contributed by atoms with Crippen molar-refractivity contribution in [2.24, 2.45) is 23.3 Å². The fourth-order valence-corrected chi connectivity index (χ4v) is 5.70. The Hall–Kier alpha value is -3.44. The first-order valence-corrected chi connectivity index (χ1v) is 16.5. The summed E-state index contributed by atoms with van der Waals surface area (Å²) in [5.74, 6) is 1.33. The van der Waals surface area contributed by atoms with E-state index in [0.717, 1.165) is 25.2 Å². The Bertz CT molecular complexity index is 1560. The Morgan fingerprint density at radius 2 is 1.04 bits per heavy atom. The number of aromatic nitrogens is 4. The molecule has 4 rings (SSSR count). The van der Waals surface area contributed by atoms with Gasteiger partial charge in [-0.2, -0.15) is 0 Å². The maximum Gasteiger partial charge on any atom is 0.150 e. The maximum absolute atomic E-state index is 13.9. The van der Waals surface area contributed by atoms with Gasteiger partial charge in [0.05, 0.1) is 35.2 Å². The van der Waals surface area contributed by atoms with Crippen molar-refractivity contribution in [1.82, 2.24) is 19.9 Å². The van der Waals surface area contributed by atoms with Crippen molar-refractivity contribution in [1.29, 1.82) is 0 Å². The van der Waals surface area contributed by atoms with Crippen LogP contribution in [-0.4, -0.2) is 44.2 Å². The van der Waals surface area contributed by atoms with Crippen LogP contribution in [0.2, 0.25) is 10.3 Å². The molecule has 0 fully saturated rings. The summed E-state index contributed by atoms with van der Waals surface area (Å²) in [6.07, 6.45) is 3.90. The molecule has 0 amide bonds. The number of nitrogens with two attached hydrogens (primary N) is 2. The zero-order valence-electron chi connectivity index (χ0n) is 28.9. The number of nitrogens with zero attached hydrogens (tertiary/aromatic N) is 4. The van der Waals surface area contributed by atoms with Crippen molar-refractivity contribution in [2.75, 3.05) is 13.2 Å². The Kier molecular flexibility index (Phi) is 13.6. The minimum absolute atomic E-state index is 0.221. The van der Waals surface area contributed by atoms with E-state index >= 15 is 0 Å². The van der Waals surface area contributed by atoms with Gasteiger partial charge in [0, 0.05) is 22.2 Å². The van der Waals surface area contributed by atoms with E-state index in [1.807, 2.05) is 27.7 Å². The quantitative estimate of drug-likeness (QED) is 0.141. The van der Waals surface area contributed by atoms with Gasteiger partial charge in [0.25, 0.3) is 0 Å². The lowest BCUT2D eigenvalue weighted by Gasteiger charge is -2.27. The molecule has 4 aromatic rings. The average Bonchev–Trinajstić information content (AvgIpc) is 2.97. The Morgan fingerprint density at radius 3 is 1.35 bits per heavy atom. The Morgan fingerprint density at radius 1 is 0.688 bits per heavy atom. The highest BCUT2D eigenvalue weighted by Crippen LogP contribution is 2.29. The third kappa shape index (κ3) is 11.9. The number of hydrogen-bond donors (Lipinski definition) is 2. The third-order valence-electron chi connectivity index (χ3n) is 7.13. The van der Waals surface area contributed by atoms with Crippen molar-refractivity contribution in [3.63, 3.8) is 0 Å². The van der Waals surface area contributed by atoms with Gasteiger partial charge in [0.15, 0.2) is 11.6 Å². The van der Waals surface area contributed by atoms with E-state index in [1.54, 1.807) is 24.3 Å². The van der Waals surface area contributed by atoms with Crippen molar-refractivity contribution < 1.29 is 18.3 Å². The van der Waals surface area contributed by atoms with E-state index in [0.29, 0.717) is 70.5 Å². The molecule has 0 aliphatic heterocycles. The van der Waals surface area contributed by atoms with E-state index in [-0.39, 0.29) is 10.3 Å². The summed E-state index contributed by atoms with van der Waals surface area (Å²) in [6.45, 7) is 16.9. The van der Waals surface area contributed by atoms with Crippen molar-refractivity contribution in [2.45, 2.75) is 79.3 Å². The minimum Gasteiger partial charge on any atom is -0.490 e. The molecule has 0 radical (unpaired) electrons. The van der Waals surface area contributed by atoms with E-state index < -0.39 is 22.7 Å². The lowest BCUT2D eigenvalue weighted by molar-refractivity contribution is 0.205. The van der Waals surface area contributed by atoms with Gasteiger partial charge in [-0.15, -0.1) is 0 Å². The lowest BCUT2D eigenvalue weighted by atomic mass is 9.93. The smallest absolute Gasteiger partial charge is 0.150 e. The molecule has 0 bridgehead atoms. The van der Waals surface area contributed by atoms with Crippen LogP contribution in [-0.2, 0) is 0 Å². The predicted octanol–water partition coefficient (Wildman–Crippen LogP) is 8.77. The standard InChI is InChI=1S/2C18H23ClFN3O/c2*1-11(2)8-18(4,21)10-24-16-6-5-15(23-12(16)3)13-7-17(19)22-9-14(13)20/h2*5-7,9,11H,8,10,21H2,1-4H3/t2*18-/m00/s1. The summed E-state index contributed by atoms with van der Waals surface area (Å²) in [5, 5.41) is 0.442. The molecule has 4 N–H and O–H groups in total. The van der Waals surface area contributed by atoms with Gasteiger partial charge < -0.3 is 20.9 Å². The van der Waals surface area contributed by atoms with E-state index in [9.17, 15) is 8.78 Å². The zero-order chi connectivity index (χ0) is 35.8. The van der Waals surface area contributed by atoms with E-state index in [4.69, 9.17) is 44.1 Å². The molecule has 12 heteroatoms. The van der Waals surface area contributed by atoms with Crippen LogP contribution in [0.15, 0.2) is 48.8 Å². The highest BCUT2D eigenvalue weighted by molar-refractivity contribution is 6.29. The van der Waals surface area contributed by atoms with Gasteiger partial charge in [-0.05, 0) is 88.8 Å². The van der Waals surface area contributed by atoms with Gasteiger partial charge in [-0.3, -0.25) is 0 Å². The van der Waals surface area contributed by atoms with Crippen LogP contribution in [0.5, 0.6) is 11.5 Å². The molecule has 0 saturated heterocycles. The van der Waals surface area contributed by atoms with Gasteiger partial charge in [-0.25, -0.2) is 28.7 Å². The number of rotatable bonds is 12. The first kappa shape index (κ1) is 39.0. The summed E-state index contributed by atoms with van der Waals surface area (Å²) < 4.78 is 39.5. The van der Waals surface area contributed by atoms with Crippen LogP contribution >= 0.6 is 23.2 Å². The van der Waals surface area contributed by atoms with Crippen LogP contribution < -0.4 is 20.9 Å². The fraction of sp³-hybridized carbons (Fsp3) is 0.444. The molecular weight excluding hydrogens is 657 g/mol. The second-order valence-electron chi connectivity index (χ2n) is 13.6. The van der Waals surface area contributed by atoms with Gasteiger partial charge >= 0.3 is 0 Å². The summed E-state index contributed by atoms with van der Waals surface area (Å²) in [6, 6.07) is 9.87. The monoisotopic (exact) mass is 702 g/mol.